The van der Waals surface area contributed by atoms with Gasteiger partial charge in [-0.15, -0.1) is 12.4 Å². The van der Waals surface area contributed by atoms with Crippen molar-refractivity contribution in [3.63, 3.8) is 0 Å². The second-order valence-electron chi connectivity index (χ2n) is 5.42. The number of likely N-dealkylation sites (tertiary alicyclic amines) is 1. The standard InChI is InChI=1S/C16H25N3O4.ClH/c1-21-13-10-12(11-14(22-2)15(13)23-3)19(16(17)20)9-8-18-6-4-5-7-18;/h10-11H,4-9H2,1-3H3,(H2,17,20);1H. The van der Waals surface area contributed by atoms with Crippen molar-refractivity contribution in [2.24, 2.45) is 5.73 Å². The summed E-state index contributed by atoms with van der Waals surface area (Å²) in [6.45, 7) is 3.46. The van der Waals surface area contributed by atoms with E-state index in [1.54, 1.807) is 33.5 Å². The number of benzene rings is 1. The highest BCUT2D eigenvalue weighted by Crippen LogP contribution is 2.41. The Balaban J connectivity index is 0.00000288. The predicted molar refractivity (Wildman–Crippen MR) is 95.9 cm³/mol. The maximum atomic E-state index is 11.9. The summed E-state index contributed by atoms with van der Waals surface area (Å²) in [6, 6.07) is 2.96. The number of nitrogens with two attached hydrogens (primary N) is 1. The fraction of sp³-hybridized carbons (Fsp3) is 0.562. The maximum absolute atomic E-state index is 11.9. The van der Waals surface area contributed by atoms with Crippen LogP contribution in [0.3, 0.4) is 0 Å². The number of carbonyl (C=O) groups is 1. The van der Waals surface area contributed by atoms with Crippen LogP contribution in [0.2, 0.25) is 0 Å². The summed E-state index contributed by atoms with van der Waals surface area (Å²) < 4.78 is 16.0. The highest BCUT2D eigenvalue weighted by Gasteiger charge is 2.21. The number of amides is 2. The Morgan fingerprint density at radius 3 is 2.08 bits per heavy atom. The third-order valence-electron chi connectivity index (χ3n) is 4.07. The molecule has 1 aromatic rings. The summed E-state index contributed by atoms with van der Waals surface area (Å²) in [5, 5.41) is 0. The minimum absolute atomic E-state index is 0. The SMILES string of the molecule is COc1cc(N(CCN2CCCC2)C(N)=O)cc(OC)c1OC.Cl. The quantitative estimate of drug-likeness (QED) is 0.806. The van der Waals surface area contributed by atoms with Crippen LogP contribution >= 0.6 is 12.4 Å². The molecule has 0 unspecified atom stereocenters. The average molecular weight is 360 g/mol. The first kappa shape index (κ1) is 20.2. The molecule has 2 amide bonds. The smallest absolute Gasteiger partial charge is 0.319 e. The van der Waals surface area contributed by atoms with Gasteiger partial charge in [0.1, 0.15) is 0 Å². The van der Waals surface area contributed by atoms with E-state index < -0.39 is 6.03 Å². The molecule has 8 heteroatoms. The van der Waals surface area contributed by atoms with Gasteiger partial charge in [-0.05, 0) is 25.9 Å². The molecule has 1 aliphatic rings. The lowest BCUT2D eigenvalue weighted by atomic mass is 10.2. The van der Waals surface area contributed by atoms with Crippen LogP contribution < -0.4 is 24.8 Å². The topological polar surface area (TPSA) is 77.3 Å². The van der Waals surface area contributed by atoms with Gasteiger partial charge in [0.05, 0.1) is 27.0 Å². The molecule has 0 saturated carbocycles. The van der Waals surface area contributed by atoms with E-state index in [4.69, 9.17) is 19.9 Å². The molecule has 7 nitrogen and oxygen atoms in total. The molecular weight excluding hydrogens is 334 g/mol. The lowest BCUT2D eigenvalue weighted by molar-refractivity contribution is 0.252. The van der Waals surface area contributed by atoms with E-state index in [1.165, 1.54) is 17.7 Å². The Kier molecular flexibility index (Phi) is 7.94. The van der Waals surface area contributed by atoms with Gasteiger partial charge in [-0.2, -0.15) is 0 Å². The number of hydrogen-bond acceptors (Lipinski definition) is 5. The molecule has 2 N–H and O–H groups in total. The van der Waals surface area contributed by atoms with E-state index in [1.807, 2.05) is 0 Å². The largest absolute Gasteiger partial charge is 0.493 e. The van der Waals surface area contributed by atoms with Crippen LogP contribution in [0.1, 0.15) is 12.8 Å². The van der Waals surface area contributed by atoms with Gasteiger partial charge in [0.25, 0.3) is 0 Å². The Hall–Kier alpha value is -1.86. The average Bonchev–Trinajstić information content (AvgIpc) is 3.07. The van der Waals surface area contributed by atoms with Crippen molar-refractivity contribution in [1.82, 2.24) is 4.90 Å². The Bertz CT molecular complexity index is 525. The van der Waals surface area contributed by atoms with Crippen LogP contribution in [0.4, 0.5) is 10.5 Å². The second-order valence-corrected chi connectivity index (χ2v) is 5.42. The summed E-state index contributed by atoms with van der Waals surface area (Å²) in [5.41, 5.74) is 6.19. The number of ether oxygens (including phenoxy) is 3. The highest BCUT2D eigenvalue weighted by molar-refractivity contribution is 5.91. The normalized spacial score (nSPS) is 14.0. The first-order valence-corrected chi connectivity index (χ1v) is 7.70. The molecule has 2 rings (SSSR count). The molecule has 0 radical (unpaired) electrons. The van der Waals surface area contributed by atoms with Crippen molar-refractivity contribution in [1.29, 1.82) is 0 Å². The Morgan fingerprint density at radius 1 is 1.12 bits per heavy atom. The molecule has 0 aliphatic carbocycles. The zero-order chi connectivity index (χ0) is 16.8. The number of hydrogen-bond donors (Lipinski definition) is 1. The summed E-state index contributed by atoms with van der Waals surface area (Å²) in [5.74, 6) is 1.48. The molecule has 0 atom stereocenters. The molecule has 1 saturated heterocycles. The molecule has 1 fully saturated rings. The van der Waals surface area contributed by atoms with E-state index in [-0.39, 0.29) is 12.4 Å². The highest BCUT2D eigenvalue weighted by atomic mass is 35.5. The molecule has 1 heterocycles. The molecule has 136 valence electrons. The number of urea groups is 1. The second kappa shape index (κ2) is 9.44. The predicted octanol–water partition coefficient (Wildman–Crippen LogP) is 2.12. The molecule has 1 aliphatic heterocycles. The number of primary amides is 1. The van der Waals surface area contributed by atoms with Crippen LogP contribution in [0.15, 0.2) is 12.1 Å². The molecule has 0 aromatic heterocycles. The number of nitrogens with zero attached hydrogens (tertiary/aromatic N) is 2. The first-order valence-electron chi connectivity index (χ1n) is 7.70. The Morgan fingerprint density at radius 2 is 1.67 bits per heavy atom. The molecule has 24 heavy (non-hydrogen) atoms. The van der Waals surface area contributed by atoms with Crippen molar-refractivity contribution in [2.75, 3.05) is 52.4 Å². The van der Waals surface area contributed by atoms with Gasteiger partial charge in [-0.1, -0.05) is 0 Å². The monoisotopic (exact) mass is 359 g/mol. The van der Waals surface area contributed by atoms with Gasteiger partial charge in [0.2, 0.25) is 5.75 Å². The number of anilines is 1. The van der Waals surface area contributed by atoms with Crippen LogP contribution in [0.5, 0.6) is 17.2 Å². The lowest BCUT2D eigenvalue weighted by Crippen LogP contribution is -2.41. The fourth-order valence-electron chi connectivity index (χ4n) is 2.84. The minimum atomic E-state index is -0.501. The van der Waals surface area contributed by atoms with Crippen molar-refractivity contribution in [2.45, 2.75) is 12.8 Å². The van der Waals surface area contributed by atoms with E-state index >= 15 is 0 Å². The molecule has 0 spiro atoms. The van der Waals surface area contributed by atoms with Crippen molar-refractivity contribution in [3.05, 3.63) is 12.1 Å². The number of methoxy groups -OCH3 is 3. The van der Waals surface area contributed by atoms with E-state index in [0.717, 1.165) is 19.6 Å². The molecular formula is C16H26ClN3O4. The van der Waals surface area contributed by atoms with Gasteiger partial charge in [0, 0.05) is 25.2 Å². The van der Waals surface area contributed by atoms with Crippen LogP contribution in [0.25, 0.3) is 0 Å². The summed E-state index contributed by atoms with van der Waals surface area (Å²) >= 11 is 0. The number of carbonyl (C=O) groups excluding carboxylic acids is 1. The van der Waals surface area contributed by atoms with Gasteiger partial charge >= 0.3 is 6.03 Å². The zero-order valence-corrected chi connectivity index (χ0v) is 15.2. The number of halogens is 1. The minimum Gasteiger partial charge on any atom is -0.493 e. The molecule has 1 aromatic carbocycles. The lowest BCUT2D eigenvalue weighted by Gasteiger charge is -2.25. The van der Waals surface area contributed by atoms with Crippen molar-refractivity contribution < 1.29 is 19.0 Å². The van der Waals surface area contributed by atoms with Gasteiger partial charge in [-0.25, -0.2) is 4.79 Å². The van der Waals surface area contributed by atoms with E-state index in [0.29, 0.717) is 29.5 Å². The van der Waals surface area contributed by atoms with Crippen molar-refractivity contribution >= 4 is 24.1 Å². The fourth-order valence-corrected chi connectivity index (χ4v) is 2.84. The maximum Gasteiger partial charge on any atom is 0.319 e. The third-order valence-corrected chi connectivity index (χ3v) is 4.07. The zero-order valence-electron chi connectivity index (χ0n) is 14.4. The van der Waals surface area contributed by atoms with E-state index in [9.17, 15) is 4.79 Å². The first-order chi connectivity index (χ1) is 11.1. The Labute approximate surface area is 149 Å². The van der Waals surface area contributed by atoms with Crippen LogP contribution in [0, 0.1) is 0 Å². The van der Waals surface area contributed by atoms with Crippen LogP contribution in [-0.4, -0.2) is 58.4 Å². The van der Waals surface area contributed by atoms with Gasteiger partial charge in [-0.3, -0.25) is 4.90 Å². The third kappa shape index (κ3) is 4.58. The number of rotatable bonds is 7. The molecule has 0 bridgehead atoms. The van der Waals surface area contributed by atoms with Gasteiger partial charge < -0.3 is 24.8 Å². The summed E-state index contributed by atoms with van der Waals surface area (Å²) in [4.78, 5) is 15.7. The van der Waals surface area contributed by atoms with Gasteiger partial charge in [0.15, 0.2) is 11.5 Å². The van der Waals surface area contributed by atoms with Crippen molar-refractivity contribution in [3.8, 4) is 17.2 Å². The summed E-state index contributed by atoms with van der Waals surface area (Å²) in [6.07, 6.45) is 2.42. The van der Waals surface area contributed by atoms with Crippen LogP contribution in [-0.2, 0) is 0 Å². The summed E-state index contributed by atoms with van der Waals surface area (Å²) in [7, 11) is 4.62. The van der Waals surface area contributed by atoms with E-state index in [2.05, 4.69) is 4.90 Å².